The molecule has 0 saturated carbocycles. The van der Waals surface area contributed by atoms with Crippen LogP contribution in [0.25, 0.3) is 16.9 Å². The van der Waals surface area contributed by atoms with Crippen molar-refractivity contribution in [2.24, 2.45) is 0 Å². The number of rotatable bonds is 5. The summed E-state index contributed by atoms with van der Waals surface area (Å²) in [5.41, 5.74) is 5.93. The van der Waals surface area contributed by atoms with Gasteiger partial charge in [-0.05, 0) is 36.8 Å². The molecule has 0 unspecified atom stereocenters. The molecular weight excluding hydrogens is 416 g/mol. The van der Waals surface area contributed by atoms with Gasteiger partial charge in [0.2, 0.25) is 0 Å². The lowest BCUT2D eigenvalue weighted by molar-refractivity contribution is 0.899. The van der Waals surface area contributed by atoms with E-state index in [1.54, 1.807) is 11.8 Å². The van der Waals surface area contributed by atoms with E-state index in [9.17, 15) is 0 Å². The summed E-state index contributed by atoms with van der Waals surface area (Å²) in [4.78, 5) is 4.74. The van der Waals surface area contributed by atoms with Crippen molar-refractivity contribution in [1.82, 2.24) is 9.55 Å². The first-order valence-corrected chi connectivity index (χ1v) is 10.6. The third kappa shape index (κ3) is 4.18. The lowest BCUT2D eigenvalue weighted by atomic mass is 10.1. The fourth-order valence-electron chi connectivity index (χ4n) is 2.93. The SMILES string of the molecule is Cc1ccc(-n2c(-c3ccc(Br)cc3)cnc2SCc2ccccc2)cc1. The summed E-state index contributed by atoms with van der Waals surface area (Å²) in [5.74, 6) is 0.892. The lowest BCUT2D eigenvalue weighted by Gasteiger charge is -2.13. The van der Waals surface area contributed by atoms with E-state index in [-0.39, 0.29) is 0 Å². The molecule has 0 aliphatic carbocycles. The summed E-state index contributed by atoms with van der Waals surface area (Å²) in [7, 11) is 0. The first-order valence-electron chi connectivity index (χ1n) is 8.78. The predicted octanol–water partition coefficient (Wildman–Crippen LogP) is 6.90. The van der Waals surface area contributed by atoms with Crippen LogP contribution < -0.4 is 0 Å². The highest BCUT2D eigenvalue weighted by Gasteiger charge is 2.14. The molecule has 0 aliphatic rings. The third-order valence-electron chi connectivity index (χ3n) is 4.37. The van der Waals surface area contributed by atoms with Gasteiger partial charge in [-0.15, -0.1) is 0 Å². The molecule has 4 rings (SSSR count). The number of aryl methyl sites for hydroxylation is 1. The highest BCUT2D eigenvalue weighted by atomic mass is 79.9. The molecule has 0 fully saturated rings. The van der Waals surface area contributed by atoms with Crippen LogP contribution in [0, 0.1) is 6.92 Å². The second-order valence-electron chi connectivity index (χ2n) is 6.38. The third-order valence-corrected chi connectivity index (χ3v) is 5.92. The zero-order valence-corrected chi connectivity index (χ0v) is 17.4. The highest BCUT2D eigenvalue weighted by molar-refractivity contribution is 9.10. The van der Waals surface area contributed by atoms with Gasteiger partial charge in [0.1, 0.15) is 0 Å². The van der Waals surface area contributed by atoms with Crippen molar-refractivity contribution in [1.29, 1.82) is 0 Å². The Morgan fingerprint density at radius 3 is 2.30 bits per heavy atom. The molecule has 4 heteroatoms. The largest absolute Gasteiger partial charge is 0.287 e. The smallest absolute Gasteiger partial charge is 0.173 e. The average Bonchev–Trinajstić information content (AvgIpc) is 3.12. The van der Waals surface area contributed by atoms with Gasteiger partial charge in [0.15, 0.2) is 5.16 Å². The van der Waals surface area contributed by atoms with E-state index >= 15 is 0 Å². The zero-order valence-electron chi connectivity index (χ0n) is 15.0. The summed E-state index contributed by atoms with van der Waals surface area (Å²) in [6.07, 6.45) is 1.97. The van der Waals surface area contributed by atoms with Crippen molar-refractivity contribution in [3.05, 3.63) is 101 Å². The minimum atomic E-state index is 0.892. The van der Waals surface area contributed by atoms with Crippen LogP contribution in [0.2, 0.25) is 0 Å². The normalized spacial score (nSPS) is 10.9. The van der Waals surface area contributed by atoms with E-state index in [2.05, 4.69) is 100 Å². The van der Waals surface area contributed by atoms with Gasteiger partial charge in [0.05, 0.1) is 11.9 Å². The van der Waals surface area contributed by atoms with Crippen LogP contribution in [0.4, 0.5) is 0 Å². The molecule has 0 amide bonds. The summed E-state index contributed by atoms with van der Waals surface area (Å²) >= 11 is 5.28. The van der Waals surface area contributed by atoms with Crippen LogP contribution in [-0.4, -0.2) is 9.55 Å². The molecule has 134 valence electrons. The Morgan fingerprint density at radius 1 is 0.889 bits per heavy atom. The van der Waals surface area contributed by atoms with Gasteiger partial charge in [-0.2, -0.15) is 0 Å². The molecule has 0 radical (unpaired) electrons. The number of benzene rings is 3. The van der Waals surface area contributed by atoms with Crippen LogP contribution in [-0.2, 0) is 5.75 Å². The number of halogens is 1. The van der Waals surface area contributed by atoms with Crippen LogP contribution in [0.3, 0.4) is 0 Å². The molecule has 1 aromatic heterocycles. The molecule has 0 N–H and O–H groups in total. The fourth-order valence-corrected chi connectivity index (χ4v) is 4.14. The number of imidazole rings is 1. The Bertz CT molecular complexity index is 1020. The van der Waals surface area contributed by atoms with Crippen molar-refractivity contribution in [3.8, 4) is 16.9 Å². The van der Waals surface area contributed by atoms with Crippen LogP contribution in [0.5, 0.6) is 0 Å². The van der Waals surface area contributed by atoms with Gasteiger partial charge in [-0.25, -0.2) is 4.98 Å². The highest BCUT2D eigenvalue weighted by Crippen LogP contribution is 2.32. The van der Waals surface area contributed by atoms with E-state index in [1.165, 1.54) is 11.1 Å². The average molecular weight is 435 g/mol. The van der Waals surface area contributed by atoms with Gasteiger partial charge in [0, 0.05) is 21.5 Å². The Balaban J connectivity index is 1.74. The molecule has 1 heterocycles. The van der Waals surface area contributed by atoms with Crippen molar-refractivity contribution >= 4 is 27.7 Å². The van der Waals surface area contributed by atoms with E-state index in [0.717, 1.165) is 32.3 Å². The Morgan fingerprint density at radius 2 is 1.59 bits per heavy atom. The van der Waals surface area contributed by atoms with Gasteiger partial charge < -0.3 is 0 Å². The first-order chi connectivity index (χ1) is 13.2. The van der Waals surface area contributed by atoms with Crippen LogP contribution in [0.1, 0.15) is 11.1 Å². The summed E-state index contributed by atoms with van der Waals surface area (Å²) in [6, 6.07) is 27.5. The molecule has 4 aromatic rings. The van der Waals surface area contributed by atoms with Gasteiger partial charge in [-0.1, -0.05) is 87.9 Å². The Hall–Kier alpha value is -2.30. The monoisotopic (exact) mass is 434 g/mol. The quantitative estimate of drug-likeness (QED) is 0.317. The molecule has 3 aromatic carbocycles. The fraction of sp³-hybridized carbons (Fsp3) is 0.0870. The molecule has 2 nitrogen and oxygen atoms in total. The van der Waals surface area contributed by atoms with Gasteiger partial charge in [0.25, 0.3) is 0 Å². The van der Waals surface area contributed by atoms with Gasteiger partial charge >= 0.3 is 0 Å². The molecule has 0 bridgehead atoms. The number of hydrogen-bond donors (Lipinski definition) is 0. The van der Waals surface area contributed by atoms with E-state index in [0.29, 0.717) is 0 Å². The van der Waals surface area contributed by atoms with E-state index < -0.39 is 0 Å². The maximum atomic E-state index is 4.74. The number of hydrogen-bond acceptors (Lipinski definition) is 2. The van der Waals surface area contributed by atoms with Gasteiger partial charge in [-0.3, -0.25) is 4.57 Å². The van der Waals surface area contributed by atoms with E-state index in [1.807, 2.05) is 12.3 Å². The maximum Gasteiger partial charge on any atom is 0.173 e. The Kier molecular flexibility index (Phi) is 5.46. The maximum absolute atomic E-state index is 4.74. The van der Waals surface area contributed by atoms with Crippen molar-refractivity contribution < 1.29 is 0 Å². The topological polar surface area (TPSA) is 17.8 Å². The molecule has 0 saturated heterocycles. The molecule has 0 atom stereocenters. The summed E-state index contributed by atoms with van der Waals surface area (Å²) in [6.45, 7) is 2.11. The van der Waals surface area contributed by atoms with Crippen LogP contribution in [0.15, 0.2) is 94.7 Å². The summed E-state index contributed by atoms with van der Waals surface area (Å²) < 4.78 is 3.32. The van der Waals surface area contributed by atoms with Crippen LogP contribution >= 0.6 is 27.7 Å². The zero-order chi connectivity index (χ0) is 18.6. The molecular formula is C23H19BrN2S. The number of aromatic nitrogens is 2. The number of nitrogens with zero attached hydrogens (tertiary/aromatic N) is 2. The summed E-state index contributed by atoms with van der Waals surface area (Å²) in [5, 5.41) is 1.00. The minimum absolute atomic E-state index is 0.892. The molecule has 27 heavy (non-hydrogen) atoms. The molecule has 0 spiro atoms. The predicted molar refractivity (Wildman–Crippen MR) is 117 cm³/mol. The Labute approximate surface area is 172 Å². The van der Waals surface area contributed by atoms with E-state index in [4.69, 9.17) is 4.98 Å². The second-order valence-corrected chi connectivity index (χ2v) is 8.24. The lowest BCUT2D eigenvalue weighted by Crippen LogP contribution is -1.99. The molecule has 0 aliphatic heterocycles. The first kappa shape index (κ1) is 18.1. The van der Waals surface area contributed by atoms with Crippen molar-refractivity contribution in [2.75, 3.05) is 0 Å². The van der Waals surface area contributed by atoms with Crippen molar-refractivity contribution in [2.45, 2.75) is 17.8 Å². The van der Waals surface area contributed by atoms with Crippen molar-refractivity contribution in [3.63, 3.8) is 0 Å². The minimum Gasteiger partial charge on any atom is -0.287 e. The standard InChI is InChI=1S/C23H19BrN2S/c1-17-7-13-21(14-8-17)26-22(19-9-11-20(24)12-10-19)15-25-23(26)27-16-18-5-3-2-4-6-18/h2-15H,16H2,1H3. The number of thioether (sulfide) groups is 1. The second kappa shape index (κ2) is 8.15.